The summed E-state index contributed by atoms with van der Waals surface area (Å²) in [7, 11) is 0. The third kappa shape index (κ3) is 3.49. The standard InChI is InChI=1S/C9H16N2O4/c10-9(2-5-15-6-3-9)8(14)11-4-1-7(12)13/h1-6,10H2,(H,11,14)(H,12,13). The first kappa shape index (κ1) is 11.9. The van der Waals surface area contributed by atoms with Crippen molar-refractivity contribution in [2.75, 3.05) is 19.8 Å². The fourth-order valence-electron chi connectivity index (χ4n) is 1.42. The molecule has 0 aromatic heterocycles. The zero-order valence-electron chi connectivity index (χ0n) is 8.49. The molecule has 0 unspecified atom stereocenters. The Balaban J connectivity index is 2.34. The van der Waals surface area contributed by atoms with E-state index in [2.05, 4.69) is 5.32 Å². The number of aliphatic carboxylic acids is 1. The molecule has 4 N–H and O–H groups in total. The Kier molecular flexibility index (Phi) is 4.05. The Bertz CT molecular complexity index is 248. The molecular formula is C9H16N2O4. The number of nitrogens with two attached hydrogens (primary N) is 1. The summed E-state index contributed by atoms with van der Waals surface area (Å²) >= 11 is 0. The number of nitrogens with one attached hydrogen (secondary N) is 1. The van der Waals surface area contributed by atoms with Crippen LogP contribution < -0.4 is 11.1 Å². The second kappa shape index (κ2) is 5.09. The molecule has 1 amide bonds. The van der Waals surface area contributed by atoms with Crippen LogP contribution in [-0.4, -0.2) is 42.3 Å². The van der Waals surface area contributed by atoms with Crippen LogP contribution in [0.15, 0.2) is 0 Å². The summed E-state index contributed by atoms with van der Waals surface area (Å²) in [6.07, 6.45) is 0.871. The van der Waals surface area contributed by atoms with Gasteiger partial charge in [-0.1, -0.05) is 0 Å². The second-order valence-electron chi connectivity index (χ2n) is 3.67. The van der Waals surface area contributed by atoms with Crippen molar-refractivity contribution in [3.63, 3.8) is 0 Å². The third-order valence-corrected chi connectivity index (χ3v) is 2.46. The Morgan fingerprint density at radius 2 is 2.00 bits per heavy atom. The van der Waals surface area contributed by atoms with E-state index in [0.29, 0.717) is 26.1 Å². The lowest BCUT2D eigenvalue weighted by molar-refractivity contribution is -0.137. The topological polar surface area (TPSA) is 102 Å². The molecule has 0 atom stereocenters. The predicted octanol–water partition coefficient (Wildman–Crippen LogP) is -0.915. The molecule has 0 aromatic carbocycles. The lowest BCUT2D eigenvalue weighted by Crippen LogP contribution is -2.57. The molecule has 0 bridgehead atoms. The van der Waals surface area contributed by atoms with Gasteiger partial charge in [-0.2, -0.15) is 0 Å². The average molecular weight is 216 g/mol. The van der Waals surface area contributed by atoms with Crippen molar-refractivity contribution in [2.24, 2.45) is 5.73 Å². The Labute approximate surface area is 87.8 Å². The molecule has 1 rings (SSSR count). The van der Waals surface area contributed by atoms with Gasteiger partial charge in [0, 0.05) is 19.8 Å². The number of ether oxygens (including phenoxy) is 1. The summed E-state index contributed by atoms with van der Waals surface area (Å²) in [4.78, 5) is 21.9. The Morgan fingerprint density at radius 3 is 2.53 bits per heavy atom. The van der Waals surface area contributed by atoms with E-state index in [1.807, 2.05) is 0 Å². The van der Waals surface area contributed by atoms with Crippen molar-refractivity contribution in [1.82, 2.24) is 5.32 Å². The molecule has 0 aromatic rings. The zero-order valence-corrected chi connectivity index (χ0v) is 8.49. The molecule has 0 spiro atoms. The molecule has 1 heterocycles. The fourth-order valence-corrected chi connectivity index (χ4v) is 1.42. The van der Waals surface area contributed by atoms with Gasteiger partial charge < -0.3 is 20.9 Å². The van der Waals surface area contributed by atoms with E-state index in [-0.39, 0.29) is 18.9 Å². The molecule has 1 aliphatic rings. The van der Waals surface area contributed by atoms with Crippen molar-refractivity contribution in [1.29, 1.82) is 0 Å². The molecule has 0 saturated carbocycles. The number of hydrogen-bond acceptors (Lipinski definition) is 4. The highest BCUT2D eigenvalue weighted by Gasteiger charge is 2.35. The van der Waals surface area contributed by atoms with E-state index < -0.39 is 11.5 Å². The van der Waals surface area contributed by atoms with Gasteiger partial charge in [0.15, 0.2) is 0 Å². The van der Waals surface area contributed by atoms with Crippen molar-refractivity contribution >= 4 is 11.9 Å². The molecule has 1 saturated heterocycles. The predicted molar refractivity (Wildman–Crippen MR) is 52.2 cm³/mol. The molecular weight excluding hydrogens is 200 g/mol. The molecule has 6 nitrogen and oxygen atoms in total. The van der Waals surface area contributed by atoms with Crippen LogP contribution in [-0.2, 0) is 14.3 Å². The zero-order chi connectivity index (χ0) is 11.3. The number of carboxylic acid groups (broad SMARTS) is 1. The van der Waals surface area contributed by atoms with Gasteiger partial charge >= 0.3 is 5.97 Å². The highest BCUT2D eigenvalue weighted by Crippen LogP contribution is 2.17. The van der Waals surface area contributed by atoms with Crippen molar-refractivity contribution in [2.45, 2.75) is 24.8 Å². The first-order valence-corrected chi connectivity index (χ1v) is 4.91. The van der Waals surface area contributed by atoms with E-state index >= 15 is 0 Å². The van der Waals surface area contributed by atoms with Gasteiger partial charge in [0.25, 0.3) is 0 Å². The maximum atomic E-state index is 11.6. The summed E-state index contributed by atoms with van der Waals surface area (Å²) in [5, 5.41) is 10.9. The molecule has 0 aliphatic carbocycles. The second-order valence-corrected chi connectivity index (χ2v) is 3.67. The van der Waals surface area contributed by atoms with Gasteiger partial charge in [0.2, 0.25) is 5.91 Å². The van der Waals surface area contributed by atoms with E-state index in [9.17, 15) is 9.59 Å². The lowest BCUT2D eigenvalue weighted by atomic mass is 9.90. The van der Waals surface area contributed by atoms with Gasteiger partial charge in [-0.25, -0.2) is 0 Å². The fraction of sp³-hybridized carbons (Fsp3) is 0.778. The number of carboxylic acids is 1. The SMILES string of the molecule is NC1(C(=O)NCCC(=O)O)CCOCC1. The first-order valence-electron chi connectivity index (χ1n) is 4.91. The van der Waals surface area contributed by atoms with Crippen molar-refractivity contribution in [3.8, 4) is 0 Å². The largest absolute Gasteiger partial charge is 0.481 e. The molecule has 1 aliphatic heterocycles. The van der Waals surface area contributed by atoms with Crippen LogP contribution in [0, 0.1) is 0 Å². The maximum absolute atomic E-state index is 11.6. The smallest absolute Gasteiger partial charge is 0.305 e. The highest BCUT2D eigenvalue weighted by molar-refractivity contribution is 5.86. The Hall–Kier alpha value is -1.14. The summed E-state index contributed by atoms with van der Waals surface area (Å²) in [6, 6.07) is 0. The molecule has 15 heavy (non-hydrogen) atoms. The monoisotopic (exact) mass is 216 g/mol. The van der Waals surface area contributed by atoms with Gasteiger partial charge in [0.1, 0.15) is 0 Å². The van der Waals surface area contributed by atoms with Crippen LogP contribution in [0.3, 0.4) is 0 Å². The van der Waals surface area contributed by atoms with E-state index in [1.54, 1.807) is 0 Å². The quantitative estimate of drug-likeness (QED) is 0.564. The number of carbonyl (C=O) groups is 2. The van der Waals surface area contributed by atoms with E-state index in [0.717, 1.165) is 0 Å². The third-order valence-electron chi connectivity index (χ3n) is 2.46. The summed E-state index contributed by atoms with van der Waals surface area (Å²) in [5.41, 5.74) is 4.99. The molecule has 0 radical (unpaired) electrons. The average Bonchev–Trinajstić information content (AvgIpc) is 2.18. The minimum absolute atomic E-state index is 0.0850. The van der Waals surface area contributed by atoms with Crippen LogP contribution >= 0.6 is 0 Å². The normalized spacial score (nSPS) is 19.5. The van der Waals surface area contributed by atoms with Gasteiger partial charge in [0.05, 0.1) is 12.0 Å². The number of amides is 1. The highest BCUT2D eigenvalue weighted by atomic mass is 16.5. The number of rotatable bonds is 4. The van der Waals surface area contributed by atoms with Crippen LogP contribution in [0.25, 0.3) is 0 Å². The summed E-state index contributed by atoms with van der Waals surface area (Å²) in [5.74, 6) is -1.22. The summed E-state index contributed by atoms with van der Waals surface area (Å²) in [6.45, 7) is 1.07. The summed E-state index contributed by atoms with van der Waals surface area (Å²) < 4.78 is 5.10. The number of hydrogen-bond donors (Lipinski definition) is 3. The van der Waals surface area contributed by atoms with Crippen LogP contribution in [0.2, 0.25) is 0 Å². The van der Waals surface area contributed by atoms with Crippen molar-refractivity contribution in [3.05, 3.63) is 0 Å². The Morgan fingerprint density at radius 1 is 1.40 bits per heavy atom. The molecule has 86 valence electrons. The molecule has 6 heteroatoms. The van der Waals surface area contributed by atoms with Crippen LogP contribution in [0.1, 0.15) is 19.3 Å². The minimum Gasteiger partial charge on any atom is -0.481 e. The molecule has 1 fully saturated rings. The van der Waals surface area contributed by atoms with E-state index in [1.165, 1.54) is 0 Å². The van der Waals surface area contributed by atoms with Gasteiger partial charge in [-0.3, -0.25) is 9.59 Å². The maximum Gasteiger partial charge on any atom is 0.305 e. The minimum atomic E-state index is -0.937. The van der Waals surface area contributed by atoms with Gasteiger partial charge in [-0.15, -0.1) is 0 Å². The van der Waals surface area contributed by atoms with Crippen LogP contribution in [0.4, 0.5) is 0 Å². The van der Waals surface area contributed by atoms with E-state index in [4.69, 9.17) is 15.6 Å². The van der Waals surface area contributed by atoms with Gasteiger partial charge in [-0.05, 0) is 12.8 Å². The van der Waals surface area contributed by atoms with Crippen LogP contribution in [0.5, 0.6) is 0 Å². The number of carbonyl (C=O) groups excluding carboxylic acids is 1. The van der Waals surface area contributed by atoms with Crippen molar-refractivity contribution < 1.29 is 19.4 Å². The lowest BCUT2D eigenvalue weighted by Gasteiger charge is -2.31. The first-order chi connectivity index (χ1) is 7.04.